The molecule has 1 N–H and O–H groups in total. The largest absolute Gasteiger partial charge is 0.320 e. The van der Waals surface area contributed by atoms with E-state index in [1.165, 1.54) is 0 Å². The molecule has 0 spiro atoms. The number of aryl methyl sites for hydroxylation is 1. The fourth-order valence-electron chi connectivity index (χ4n) is 2.82. The molecular weight excluding hydrogens is 324 g/mol. The lowest BCUT2D eigenvalue weighted by atomic mass is 10.0. The average Bonchev–Trinajstić information content (AvgIpc) is 2.69. The van der Waals surface area contributed by atoms with Crippen LogP contribution in [0.4, 0.5) is 5.69 Å². The van der Waals surface area contributed by atoms with Crippen LogP contribution in [0.15, 0.2) is 73.3 Å². The smallest absolute Gasteiger partial charge is 0.256 e. The van der Waals surface area contributed by atoms with E-state index in [0.29, 0.717) is 11.3 Å². The minimum absolute atomic E-state index is 0.185. The second-order valence-corrected chi connectivity index (χ2v) is 5.95. The quantitative estimate of drug-likeness (QED) is 0.605. The van der Waals surface area contributed by atoms with Gasteiger partial charge in [0.1, 0.15) is 0 Å². The summed E-state index contributed by atoms with van der Waals surface area (Å²) in [6.45, 7) is 1.93. The fourth-order valence-corrected chi connectivity index (χ4v) is 2.82. The molecule has 4 aromatic rings. The number of hydrogen-bond donors (Lipinski definition) is 1. The topological polar surface area (TPSA) is 67.8 Å². The molecule has 0 aliphatic heterocycles. The molecule has 0 saturated heterocycles. The maximum absolute atomic E-state index is 13.0. The molecule has 0 unspecified atom stereocenters. The third-order valence-electron chi connectivity index (χ3n) is 4.22. The third-order valence-corrected chi connectivity index (χ3v) is 4.22. The number of rotatable bonds is 3. The van der Waals surface area contributed by atoms with Gasteiger partial charge in [-0.25, -0.2) is 4.98 Å². The minimum Gasteiger partial charge on any atom is -0.320 e. The lowest BCUT2D eigenvalue weighted by Gasteiger charge is -2.11. The zero-order chi connectivity index (χ0) is 17.9. The van der Waals surface area contributed by atoms with Crippen LogP contribution in [0.25, 0.3) is 22.2 Å². The number of nitrogens with one attached hydrogen (secondary N) is 1. The molecule has 0 atom stereocenters. The van der Waals surface area contributed by atoms with E-state index in [1.807, 2.05) is 55.5 Å². The van der Waals surface area contributed by atoms with Crippen LogP contribution in [0.3, 0.4) is 0 Å². The van der Waals surface area contributed by atoms with Crippen molar-refractivity contribution in [3.8, 4) is 11.3 Å². The number of nitrogens with zero attached hydrogens (tertiary/aromatic N) is 3. The van der Waals surface area contributed by atoms with Gasteiger partial charge in [0.25, 0.3) is 5.91 Å². The average molecular weight is 340 g/mol. The molecule has 0 radical (unpaired) electrons. The number of carbonyl (C=O) groups excluding carboxylic acids is 1. The summed E-state index contributed by atoms with van der Waals surface area (Å²) in [7, 11) is 0. The molecule has 4 rings (SSSR count). The Bertz CT molecular complexity index is 1090. The van der Waals surface area contributed by atoms with Gasteiger partial charge in [-0.15, -0.1) is 0 Å². The highest BCUT2D eigenvalue weighted by Gasteiger charge is 2.15. The highest BCUT2D eigenvalue weighted by molar-refractivity contribution is 6.13. The SMILES string of the molecule is Cc1ccncc1NC(=O)c1cc(-c2ccncc2)nc2ccccc12. The second-order valence-electron chi connectivity index (χ2n) is 5.95. The summed E-state index contributed by atoms with van der Waals surface area (Å²) in [5.74, 6) is -0.185. The van der Waals surface area contributed by atoms with E-state index < -0.39 is 0 Å². The number of para-hydroxylation sites is 1. The minimum atomic E-state index is -0.185. The zero-order valence-electron chi connectivity index (χ0n) is 14.2. The van der Waals surface area contributed by atoms with E-state index in [9.17, 15) is 4.79 Å². The third kappa shape index (κ3) is 3.02. The summed E-state index contributed by atoms with van der Waals surface area (Å²) in [5, 5.41) is 3.77. The molecule has 3 heterocycles. The van der Waals surface area contributed by atoms with Gasteiger partial charge in [0.2, 0.25) is 0 Å². The van der Waals surface area contributed by atoms with E-state index in [0.717, 1.165) is 27.7 Å². The van der Waals surface area contributed by atoms with Crippen LogP contribution < -0.4 is 5.32 Å². The Kier molecular flexibility index (Phi) is 4.11. The molecule has 26 heavy (non-hydrogen) atoms. The molecule has 126 valence electrons. The number of pyridine rings is 3. The Balaban J connectivity index is 1.83. The summed E-state index contributed by atoms with van der Waals surface area (Å²) >= 11 is 0. The lowest BCUT2D eigenvalue weighted by Crippen LogP contribution is -2.14. The highest BCUT2D eigenvalue weighted by atomic mass is 16.1. The normalized spacial score (nSPS) is 10.7. The predicted molar refractivity (Wildman–Crippen MR) is 102 cm³/mol. The summed E-state index contributed by atoms with van der Waals surface area (Å²) in [6.07, 6.45) is 6.78. The molecule has 0 bridgehead atoms. The molecular formula is C21H16N4O. The van der Waals surface area contributed by atoms with Gasteiger partial charge in [0.15, 0.2) is 0 Å². The number of hydrogen-bond acceptors (Lipinski definition) is 4. The van der Waals surface area contributed by atoms with Crippen molar-refractivity contribution in [3.63, 3.8) is 0 Å². The molecule has 1 amide bonds. The van der Waals surface area contributed by atoms with Crippen molar-refractivity contribution in [2.45, 2.75) is 6.92 Å². The number of carbonyl (C=O) groups is 1. The number of benzene rings is 1. The van der Waals surface area contributed by atoms with E-state index in [4.69, 9.17) is 4.98 Å². The first kappa shape index (κ1) is 15.9. The monoisotopic (exact) mass is 340 g/mol. The molecule has 5 heteroatoms. The Morgan fingerprint density at radius 1 is 0.962 bits per heavy atom. The van der Waals surface area contributed by atoms with Crippen LogP contribution in [0.1, 0.15) is 15.9 Å². The molecule has 5 nitrogen and oxygen atoms in total. The fraction of sp³-hybridized carbons (Fsp3) is 0.0476. The first-order chi connectivity index (χ1) is 12.7. The van der Waals surface area contributed by atoms with Gasteiger partial charge in [-0.1, -0.05) is 18.2 Å². The van der Waals surface area contributed by atoms with Crippen molar-refractivity contribution in [2.75, 3.05) is 5.32 Å². The van der Waals surface area contributed by atoms with Crippen LogP contribution >= 0.6 is 0 Å². The number of amides is 1. The Labute approximate surface area is 150 Å². The zero-order valence-corrected chi connectivity index (χ0v) is 14.2. The van der Waals surface area contributed by atoms with E-state index >= 15 is 0 Å². The van der Waals surface area contributed by atoms with Crippen molar-refractivity contribution in [1.29, 1.82) is 0 Å². The standard InChI is InChI=1S/C21H16N4O/c1-14-6-9-23-13-20(14)25-21(26)17-12-19(15-7-10-22-11-8-15)24-18-5-3-2-4-16(17)18/h2-13H,1H3,(H,25,26). The van der Waals surface area contributed by atoms with Crippen LogP contribution in [-0.2, 0) is 0 Å². The molecule has 0 saturated carbocycles. The number of anilines is 1. The van der Waals surface area contributed by atoms with Gasteiger partial charge < -0.3 is 5.32 Å². The summed E-state index contributed by atoms with van der Waals surface area (Å²) in [5.41, 5.74) is 4.65. The van der Waals surface area contributed by atoms with Gasteiger partial charge in [0, 0.05) is 29.5 Å². The van der Waals surface area contributed by atoms with E-state index in [2.05, 4.69) is 15.3 Å². The van der Waals surface area contributed by atoms with Gasteiger partial charge in [-0.05, 0) is 42.8 Å². The molecule has 0 fully saturated rings. The molecule has 3 aromatic heterocycles. The summed E-state index contributed by atoms with van der Waals surface area (Å²) in [4.78, 5) is 25.8. The van der Waals surface area contributed by atoms with E-state index in [-0.39, 0.29) is 5.91 Å². The molecule has 0 aliphatic carbocycles. The first-order valence-electron chi connectivity index (χ1n) is 8.24. The first-order valence-corrected chi connectivity index (χ1v) is 8.24. The van der Waals surface area contributed by atoms with Crippen molar-refractivity contribution < 1.29 is 4.79 Å². The maximum Gasteiger partial charge on any atom is 0.256 e. The van der Waals surface area contributed by atoms with Crippen molar-refractivity contribution in [2.24, 2.45) is 0 Å². The van der Waals surface area contributed by atoms with Gasteiger partial charge in [0.05, 0.1) is 28.7 Å². The Morgan fingerprint density at radius 3 is 2.54 bits per heavy atom. The Morgan fingerprint density at radius 2 is 1.73 bits per heavy atom. The van der Waals surface area contributed by atoms with Crippen molar-refractivity contribution in [3.05, 3.63) is 84.4 Å². The van der Waals surface area contributed by atoms with Gasteiger partial charge in [-0.3, -0.25) is 14.8 Å². The predicted octanol–water partition coefficient (Wildman–Crippen LogP) is 4.25. The van der Waals surface area contributed by atoms with Gasteiger partial charge in [-0.2, -0.15) is 0 Å². The Hall–Kier alpha value is -3.60. The van der Waals surface area contributed by atoms with Crippen LogP contribution in [0.2, 0.25) is 0 Å². The molecule has 0 aliphatic rings. The second kappa shape index (κ2) is 6.72. The van der Waals surface area contributed by atoms with Crippen molar-refractivity contribution in [1.82, 2.24) is 15.0 Å². The number of fused-ring (bicyclic) bond motifs is 1. The van der Waals surface area contributed by atoms with Crippen LogP contribution in [-0.4, -0.2) is 20.9 Å². The number of aromatic nitrogens is 3. The van der Waals surface area contributed by atoms with E-state index in [1.54, 1.807) is 24.8 Å². The maximum atomic E-state index is 13.0. The van der Waals surface area contributed by atoms with Crippen LogP contribution in [0.5, 0.6) is 0 Å². The van der Waals surface area contributed by atoms with Crippen molar-refractivity contribution >= 4 is 22.5 Å². The van der Waals surface area contributed by atoms with Gasteiger partial charge >= 0.3 is 0 Å². The van der Waals surface area contributed by atoms with Crippen LogP contribution in [0, 0.1) is 6.92 Å². The summed E-state index contributed by atoms with van der Waals surface area (Å²) < 4.78 is 0. The summed E-state index contributed by atoms with van der Waals surface area (Å²) in [6, 6.07) is 15.1. The lowest BCUT2D eigenvalue weighted by molar-refractivity contribution is 0.102. The molecule has 1 aromatic carbocycles. The highest BCUT2D eigenvalue weighted by Crippen LogP contribution is 2.25.